The molecule has 0 aliphatic carbocycles. The number of ether oxygens (including phenoxy) is 1. The van der Waals surface area contributed by atoms with E-state index in [-0.39, 0.29) is 0 Å². The highest BCUT2D eigenvalue weighted by atomic mass is 16.5. The highest BCUT2D eigenvalue weighted by molar-refractivity contribution is 5.73. The molecular formula is C14H23N5O. The van der Waals surface area contributed by atoms with Gasteiger partial charge in [0, 0.05) is 39.3 Å². The van der Waals surface area contributed by atoms with Crippen molar-refractivity contribution in [2.45, 2.75) is 32.0 Å². The fraction of sp³-hybridized carbons (Fsp3) is 0.714. The van der Waals surface area contributed by atoms with Gasteiger partial charge in [-0.2, -0.15) is 0 Å². The lowest BCUT2D eigenvalue weighted by Gasteiger charge is -2.35. The van der Waals surface area contributed by atoms with Gasteiger partial charge in [0.25, 0.3) is 0 Å². The third kappa shape index (κ3) is 2.23. The summed E-state index contributed by atoms with van der Waals surface area (Å²) in [6.07, 6.45) is 6.09. The monoisotopic (exact) mass is 277 g/mol. The van der Waals surface area contributed by atoms with Crippen molar-refractivity contribution in [2.24, 2.45) is 0 Å². The van der Waals surface area contributed by atoms with Crippen LogP contribution in [0.2, 0.25) is 0 Å². The molecule has 1 saturated heterocycles. The number of aromatic nitrogens is 2. The smallest absolute Gasteiger partial charge is 0.157 e. The van der Waals surface area contributed by atoms with Crippen molar-refractivity contribution < 1.29 is 4.74 Å². The summed E-state index contributed by atoms with van der Waals surface area (Å²) < 4.78 is 5.30. The standard InChI is InChI=1S/C14H23N5O/c1-3-18-13(5-7-20-2)19(11-4-6-15-8-11)12-9-16-10-17-14(12)18/h9-11,13,15H,3-8H2,1-2H3/t11?,13-/m1/s1. The number of hydrogen-bond donors (Lipinski definition) is 1. The van der Waals surface area contributed by atoms with E-state index in [2.05, 4.69) is 32.0 Å². The normalized spacial score (nSPS) is 25.3. The first kappa shape index (κ1) is 13.6. The van der Waals surface area contributed by atoms with Gasteiger partial charge in [0.1, 0.15) is 18.2 Å². The van der Waals surface area contributed by atoms with Crippen LogP contribution in [0.4, 0.5) is 11.5 Å². The van der Waals surface area contributed by atoms with E-state index in [0.717, 1.165) is 38.5 Å². The topological polar surface area (TPSA) is 53.5 Å². The predicted octanol–water partition coefficient (Wildman–Crippen LogP) is 0.847. The van der Waals surface area contributed by atoms with E-state index >= 15 is 0 Å². The minimum Gasteiger partial charge on any atom is -0.385 e. The number of nitrogens with one attached hydrogen (secondary N) is 1. The summed E-state index contributed by atoms with van der Waals surface area (Å²) in [5, 5.41) is 3.46. The Morgan fingerprint density at radius 2 is 2.40 bits per heavy atom. The molecule has 0 saturated carbocycles. The quantitative estimate of drug-likeness (QED) is 0.861. The van der Waals surface area contributed by atoms with Crippen LogP contribution >= 0.6 is 0 Å². The van der Waals surface area contributed by atoms with Crippen LogP contribution in [0.25, 0.3) is 0 Å². The molecule has 2 aliphatic rings. The summed E-state index contributed by atoms with van der Waals surface area (Å²) >= 11 is 0. The molecule has 0 radical (unpaired) electrons. The molecule has 1 N–H and O–H groups in total. The minimum absolute atomic E-state index is 0.330. The molecule has 3 rings (SSSR count). The number of anilines is 2. The van der Waals surface area contributed by atoms with Gasteiger partial charge >= 0.3 is 0 Å². The molecule has 110 valence electrons. The average Bonchev–Trinajstić information content (AvgIpc) is 3.09. The Morgan fingerprint density at radius 3 is 3.10 bits per heavy atom. The lowest BCUT2D eigenvalue weighted by molar-refractivity contribution is 0.185. The molecule has 3 heterocycles. The number of rotatable bonds is 5. The molecule has 0 bridgehead atoms. The van der Waals surface area contributed by atoms with Crippen LogP contribution in [0.5, 0.6) is 0 Å². The molecule has 20 heavy (non-hydrogen) atoms. The first-order chi connectivity index (χ1) is 9.86. The molecule has 2 aliphatic heterocycles. The van der Waals surface area contributed by atoms with Crippen LogP contribution in [-0.4, -0.2) is 55.5 Å². The lowest BCUT2D eigenvalue weighted by atomic mass is 10.2. The second kappa shape index (κ2) is 5.93. The molecule has 1 aromatic rings. The van der Waals surface area contributed by atoms with Gasteiger partial charge in [-0.3, -0.25) is 0 Å². The molecule has 0 aromatic carbocycles. The Labute approximate surface area is 120 Å². The van der Waals surface area contributed by atoms with Crippen molar-refractivity contribution >= 4 is 11.5 Å². The van der Waals surface area contributed by atoms with Crippen LogP contribution in [-0.2, 0) is 4.74 Å². The maximum atomic E-state index is 5.30. The summed E-state index contributed by atoms with van der Waals surface area (Å²) in [7, 11) is 1.76. The predicted molar refractivity (Wildman–Crippen MR) is 79.1 cm³/mol. The summed E-state index contributed by atoms with van der Waals surface area (Å²) in [6.45, 7) is 6.03. The van der Waals surface area contributed by atoms with E-state index in [0.29, 0.717) is 12.2 Å². The van der Waals surface area contributed by atoms with Gasteiger partial charge < -0.3 is 19.9 Å². The van der Waals surface area contributed by atoms with Crippen molar-refractivity contribution in [1.29, 1.82) is 0 Å². The van der Waals surface area contributed by atoms with Gasteiger partial charge in [-0.25, -0.2) is 9.97 Å². The Hall–Kier alpha value is -1.40. The zero-order valence-corrected chi connectivity index (χ0v) is 12.2. The highest BCUT2D eigenvalue weighted by Gasteiger charge is 2.40. The zero-order valence-electron chi connectivity index (χ0n) is 12.2. The highest BCUT2D eigenvalue weighted by Crippen LogP contribution is 2.40. The van der Waals surface area contributed by atoms with Crippen LogP contribution in [0, 0.1) is 0 Å². The van der Waals surface area contributed by atoms with Crippen molar-refractivity contribution in [3.8, 4) is 0 Å². The molecule has 6 heteroatoms. The van der Waals surface area contributed by atoms with Gasteiger partial charge in [-0.15, -0.1) is 0 Å². The van der Waals surface area contributed by atoms with Crippen LogP contribution in [0.3, 0.4) is 0 Å². The fourth-order valence-corrected chi connectivity index (χ4v) is 3.37. The first-order valence-electron chi connectivity index (χ1n) is 7.41. The second-order valence-corrected chi connectivity index (χ2v) is 5.33. The van der Waals surface area contributed by atoms with Crippen molar-refractivity contribution in [1.82, 2.24) is 15.3 Å². The molecule has 1 fully saturated rings. The van der Waals surface area contributed by atoms with Gasteiger partial charge in [-0.1, -0.05) is 0 Å². The molecular weight excluding hydrogens is 254 g/mol. The molecule has 1 unspecified atom stereocenters. The van der Waals surface area contributed by atoms with Gasteiger partial charge in [0.15, 0.2) is 5.82 Å². The molecule has 6 nitrogen and oxygen atoms in total. The average molecular weight is 277 g/mol. The molecule has 0 amide bonds. The Morgan fingerprint density at radius 1 is 1.50 bits per heavy atom. The van der Waals surface area contributed by atoms with E-state index in [9.17, 15) is 0 Å². The largest absolute Gasteiger partial charge is 0.385 e. The van der Waals surface area contributed by atoms with Crippen molar-refractivity contribution in [3.05, 3.63) is 12.5 Å². The Balaban J connectivity index is 1.93. The number of hydrogen-bond acceptors (Lipinski definition) is 6. The van der Waals surface area contributed by atoms with Crippen LogP contribution in [0.1, 0.15) is 19.8 Å². The molecule has 0 spiro atoms. The van der Waals surface area contributed by atoms with E-state index in [1.165, 1.54) is 12.1 Å². The van der Waals surface area contributed by atoms with E-state index in [1.54, 1.807) is 13.4 Å². The second-order valence-electron chi connectivity index (χ2n) is 5.33. The summed E-state index contributed by atoms with van der Waals surface area (Å²) in [5.41, 5.74) is 1.17. The fourth-order valence-electron chi connectivity index (χ4n) is 3.37. The van der Waals surface area contributed by atoms with Gasteiger partial charge in [-0.05, 0) is 19.9 Å². The zero-order chi connectivity index (χ0) is 13.9. The Bertz CT molecular complexity index is 449. The van der Waals surface area contributed by atoms with Crippen LogP contribution < -0.4 is 15.1 Å². The van der Waals surface area contributed by atoms with Crippen LogP contribution in [0.15, 0.2) is 12.5 Å². The lowest BCUT2D eigenvalue weighted by Crippen LogP contribution is -2.49. The van der Waals surface area contributed by atoms with Crippen molar-refractivity contribution in [2.75, 3.05) is 43.2 Å². The third-order valence-electron chi connectivity index (χ3n) is 4.25. The maximum absolute atomic E-state index is 5.30. The van der Waals surface area contributed by atoms with E-state index in [4.69, 9.17) is 4.74 Å². The Kier molecular flexibility index (Phi) is 4.03. The van der Waals surface area contributed by atoms with E-state index < -0.39 is 0 Å². The molecule has 2 atom stereocenters. The summed E-state index contributed by atoms with van der Waals surface area (Å²) in [5.74, 6) is 1.07. The SMILES string of the molecule is CCN1c2ncncc2N(C2CCNC2)[C@@H]1CCOC. The van der Waals surface area contributed by atoms with Gasteiger partial charge in [0.05, 0.1) is 6.20 Å². The third-order valence-corrected chi connectivity index (χ3v) is 4.25. The summed E-state index contributed by atoms with van der Waals surface area (Å²) in [4.78, 5) is 13.6. The minimum atomic E-state index is 0.330. The summed E-state index contributed by atoms with van der Waals surface area (Å²) in [6, 6.07) is 0.526. The number of methoxy groups -OCH3 is 1. The maximum Gasteiger partial charge on any atom is 0.157 e. The number of fused-ring (bicyclic) bond motifs is 1. The number of nitrogens with zero attached hydrogens (tertiary/aromatic N) is 4. The van der Waals surface area contributed by atoms with E-state index in [1.807, 2.05) is 6.20 Å². The van der Waals surface area contributed by atoms with Gasteiger partial charge in [0.2, 0.25) is 0 Å². The molecule has 1 aromatic heterocycles. The first-order valence-corrected chi connectivity index (χ1v) is 7.41. The van der Waals surface area contributed by atoms with Crippen molar-refractivity contribution in [3.63, 3.8) is 0 Å².